The highest BCUT2D eigenvalue weighted by Crippen LogP contribution is 2.27. The van der Waals surface area contributed by atoms with Crippen LogP contribution < -0.4 is 5.32 Å². The minimum atomic E-state index is -0.212. The highest BCUT2D eigenvalue weighted by atomic mass is 32.2. The van der Waals surface area contributed by atoms with Crippen molar-refractivity contribution < 1.29 is 4.39 Å². The van der Waals surface area contributed by atoms with Crippen LogP contribution >= 0.6 is 11.8 Å². The molecule has 2 nitrogen and oxygen atoms in total. The molecule has 4 heteroatoms. The van der Waals surface area contributed by atoms with Crippen LogP contribution in [0.3, 0.4) is 0 Å². The largest absolute Gasteiger partial charge is 0.316 e. The number of hydrogen-bond acceptors (Lipinski definition) is 3. The maximum atomic E-state index is 13.4. The van der Waals surface area contributed by atoms with Crippen molar-refractivity contribution >= 4 is 11.8 Å². The van der Waals surface area contributed by atoms with E-state index in [2.05, 4.69) is 10.3 Å². The molecule has 17 heavy (non-hydrogen) atoms. The number of aromatic nitrogens is 1. The van der Waals surface area contributed by atoms with Crippen molar-refractivity contribution in [1.29, 1.82) is 0 Å². The third-order valence-corrected chi connectivity index (χ3v) is 3.09. The first-order valence-electron chi connectivity index (χ1n) is 5.31. The van der Waals surface area contributed by atoms with E-state index in [1.54, 1.807) is 12.3 Å². The zero-order valence-electron chi connectivity index (χ0n) is 9.48. The Balaban J connectivity index is 2.21. The van der Waals surface area contributed by atoms with Crippen LogP contribution in [-0.2, 0) is 6.54 Å². The van der Waals surface area contributed by atoms with E-state index in [9.17, 15) is 4.39 Å². The molecule has 0 atom stereocenters. The molecule has 1 heterocycles. The molecule has 0 saturated carbocycles. The number of halogens is 1. The molecular weight excluding hydrogens is 235 g/mol. The predicted octanol–water partition coefficient (Wildman–Crippen LogP) is 3.09. The fraction of sp³-hybridized carbons (Fsp3) is 0.154. The monoisotopic (exact) mass is 248 g/mol. The number of pyridine rings is 1. The standard InChI is InChI=1S/C13H13FN2S/c1-15-9-10-6-11(14)8-12(7-10)17-13-4-2-3-5-16-13/h2-8,15H,9H2,1H3. The van der Waals surface area contributed by atoms with Gasteiger partial charge in [0.05, 0.1) is 0 Å². The van der Waals surface area contributed by atoms with E-state index in [1.807, 2.05) is 31.3 Å². The first kappa shape index (κ1) is 12.1. The normalized spacial score (nSPS) is 10.5. The molecule has 2 aromatic rings. The Labute approximate surface area is 104 Å². The van der Waals surface area contributed by atoms with Crippen LogP contribution in [0.4, 0.5) is 4.39 Å². The van der Waals surface area contributed by atoms with Crippen molar-refractivity contribution in [2.45, 2.75) is 16.5 Å². The van der Waals surface area contributed by atoms with E-state index < -0.39 is 0 Å². The second-order valence-electron chi connectivity index (χ2n) is 3.60. The summed E-state index contributed by atoms with van der Waals surface area (Å²) in [5.74, 6) is -0.212. The van der Waals surface area contributed by atoms with Crippen molar-refractivity contribution in [1.82, 2.24) is 10.3 Å². The Hall–Kier alpha value is -1.39. The van der Waals surface area contributed by atoms with Gasteiger partial charge in [0.25, 0.3) is 0 Å². The first-order chi connectivity index (χ1) is 8.28. The van der Waals surface area contributed by atoms with Crippen LogP contribution in [0.1, 0.15) is 5.56 Å². The molecule has 0 fully saturated rings. The second kappa shape index (κ2) is 5.80. The Morgan fingerprint density at radius 2 is 2.18 bits per heavy atom. The average Bonchev–Trinajstić information content (AvgIpc) is 2.30. The van der Waals surface area contributed by atoms with Gasteiger partial charge in [-0.15, -0.1) is 0 Å². The average molecular weight is 248 g/mol. The van der Waals surface area contributed by atoms with E-state index >= 15 is 0 Å². The fourth-order valence-corrected chi connectivity index (χ4v) is 2.40. The van der Waals surface area contributed by atoms with Gasteiger partial charge in [-0.05, 0) is 42.9 Å². The number of hydrogen-bond donors (Lipinski definition) is 1. The maximum Gasteiger partial charge on any atom is 0.124 e. The van der Waals surface area contributed by atoms with Crippen LogP contribution in [0.5, 0.6) is 0 Å². The first-order valence-corrected chi connectivity index (χ1v) is 6.12. The summed E-state index contributed by atoms with van der Waals surface area (Å²) in [6.45, 7) is 0.660. The van der Waals surface area contributed by atoms with Gasteiger partial charge in [0.15, 0.2) is 0 Å². The van der Waals surface area contributed by atoms with Crippen molar-refractivity contribution in [3.8, 4) is 0 Å². The number of nitrogens with zero attached hydrogens (tertiary/aromatic N) is 1. The van der Waals surface area contributed by atoms with Crippen LogP contribution in [0.2, 0.25) is 0 Å². The van der Waals surface area contributed by atoms with E-state index in [1.165, 1.54) is 17.8 Å². The summed E-state index contributed by atoms with van der Waals surface area (Å²) in [6, 6.07) is 10.7. The zero-order chi connectivity index (χ0) is 12.1. The summed E-state index contributed by atoms with van der Waals surface area (Å²) in [7, 11) is 1.84. The third kappa shape index (κ3) is 3.54. The lowest BCUT2D eigenvalue weighted by Gasteiger charge is -2.05. The van der Waals surface area contributed by atoms with Gasteiger partial charge in [-0.25, -0.2) is 9.37 Å². The molecule has 1 aromatic carbocycles. The van der Waals surface area contributed by atoms with Gasteiger partial charge in [-0.3, -0.25) is 0 Å². The van der Waals surface area contributed by atoms with Crippen LogP contribution in [0.15, 0.2) is 52.5 Å². The second-order valence-corrected chi connectivity index (χ2v) is 4.69. The molecule has 0 bridgehead atoms. The van der Waals surface area contributed by atoms with Gasteiger partial charge in [0, 0.05) is 17.6 Å². The van der Waals surface area contributed by atoms with Crippen LogP contribution in [0.25, 0.3) is 0 Å². The summed E-state index contributed by atoms with van der Waals surface area (Å²) in [5.41, 5.74) is 0.936. The Kier molecular flexibility index (Phi) is 4.12. The van der Waals surface area contributed by atoms with Crippen molar-refractivity contribution in [2.75, 3.05) is 7.05 Å². The van der Waals surface area contributed by atoms with Gasteiger partial charge in [-0.2, -0.15) is 0 Å². The molecule has 0 spiro atoms. The summed E-state index contributed by atoms with van der Waals surface area (Å²) >= 11 is 1.46. The van der Waals surface area contributed by atoms with E-state index in [0.29, 0.717) is 6.54 Å². The SMILES string of the molecule is CNCc1cc(F)cc(Sc2ccccn2)c1. The van der Waals surface area contributed by atoms with E-state index in [4.69, 9.17) is 0 Å². The van der Waals surface area contributed by atoms with Gasteiger partial charge in [0.1, 0.15) is 10.8 Å². The summed E-state index contributed by atoms with van der Waals surface area (Å²) < 4.78 is 13.4. The highest BCUT2D eigenvalue weighted by molar-refractivity contribution is 7.99. The molecular formula is C13H13FN2S. The van der Waals surface area contributed by atoms with Crippen molar-refractivity contribution in [2.24, 2.45) is 0 Å². The smallest absolute Gasteiger partial charge is 0.124 e. The molecule has 2 rings (SSSR count). The summed E-state index contributed by atoms with van der Waals surface area (Å²) in [6.07, 6.45) is 1.73. The zero-order valence-corrected chi connectivity index (χ0v) is 10.3. The van der Waals surface area contributed by atoms with Crippen molar-refractivity contribution in [3.05, 3.63) is 54.0 Å². The molecule has 0 aliphatic heterocycles. The number of nitrogens with one attached hydrogen (secondary N) is 1. The van der Waals surface area contributed by atoms with Gasteiger partial charge >= 0.3 is 0 Å². The highest BCUT2D eigenvalue weighted by Gasteiger charge is 2.03. The molecule has 0 saturated heterocycles. The Morgan fingerprint density at radius 1 is 1.29 bits per heavy atom. The molecule has 0 aliphatic carbocycles. The Morgan fingerprint density at radius 3 is 2.88 bits per heavy atom. The molecule has 1 aromatic heterocycles. The van der Waals surface area contributed by atoms with Gasteiger partial charge < -0.3 is 5.32 Å². The predicted molar refractivity (Wildman–Crippen MR) is 67.5 cm³/mol. The quantitative estimate of drug-likeness (QED) is 0.900. The number of rotatable bonds is 4. The molecule has 0 amide bonds. The van der Waals surface area contributed by atoms with Gasteiger partial charge in [-0.1, -0.05) is 17.8 Å². The minimum Gasteiger partial charge on any atom is -0.316 e. The Bertz CT molecular complexity index is 488. The lowest BCUT2D eigenvalue weighted by Crippen LogP contribution is -2.05. The van der Waals surface area contributed by atoms with Gasteiger partial charge in [0.2, 0.25) is 0 Å². The molecule has 1 N–H and O–H groups in total. The summed E-state index contributed by atoms with van der Waals surface area (Å²) in [5, 5.41) is 3.88. The molecule has 88 valence electrons. The van der Waals surface area contributed by atoms with Crippen LogP contribution in [-0.4, -0.2) is 12.0 Å². The minimum absolute atomic E-state index is 0.212. The summed E-state index contributed by atoms with van der Waals surface area (Å²) in [4.78, 5) is 5.07. The van der Waals surface area contributed by atoms with E-state index in [0.717, 1.165) is 15.5 Å². The number of benzene rings is 1. The van der Waals surface area contributed by atoms with Crippen molar-refractivity contribution in [3.63, 3.8) is 0 Å². The lowest BCUT2D eigenvalue weighted by atomic mass is 10.2. The fourth-order valence-electron chi connectivity index (χ4n) is 1.51. The maximum absolute atomic E-state index is 13.4. The topological polar surface area (TPSA) is 24.9 Å². The molecule has 0 aliphatic rings. The molecule has 0 unspecified atom stereocenters. The molecule has 0 radical (unpaired) electrons. The lowest BCUT2D eigenvalue weighted by molar-refractivity contribution is 0.619. The third-order valence-electron chi connectivity index (χ3n) is 2.17. The van der Waals surface area contributed by atoms with E-state index in [-0.39, 0.29) is 5.82 Å². The van der Waals surface area contributed by atoms with Crippen LogP contribution in [0, 0.1) is 5.82 Å².